The number of esters is 1. The van der Waals surface area contributed by atoms with Gasteiger partial charge in [0.1, 0.15) is 6.04 Å². The van der Waals surface area contributed by atoms with Gasteiger partial charge in [0.15, 0.2) is 0 Å². The lowest BCUT2D eigenvalue weighted by molar-refractivity contribution is -0.146. The molecular weight excluding hydrogens is 156 g/mol. The van der Waals surface area contributed by atoms with Gasteiger partial charge in [-0.25, -0.2) is 5.43 Å². The molecule has 70 valence electrons. The van der Waals surface area contributed by atoms with E-state index >= 15 is 0 Å². The fourth-order valence-electron chi connectivity index (χ4n) is 1.28. The van der Waals surface area contributed by atoms with Crippen molar-refractivity contribution in [2.45, 2.75) is 32.9 Å². The SMILES string of the molecule is CCOC(=O)C1NNC(C)C1C. The summed E-state index contributed by atoms with van der Waals surface area (Å²) in [7, 11) is 0. The molecule has 0 bridgehead atoms. The molecule has 0 aromatic carbocycles. The van der Waals surface area contributed by atoms with Gasteiger partial charge in [-0.1, -0.05) is 6.92 Å². The minimum absolute atomic E-state index is 0.165. The molecule has 1 saturated heterocycles. The average Bonchev–Trinajstić information content (AvgIpc) is 2.34. The molecule has 4 nitrogen and oxygen atoms in total. The van der Waals surface area contributed by atoms with Crippen LogP contribution in [0.4, 0.5) is 0 Å². The maximum absolute atomic E-state index is 11.3. The van der Waals surface area contributed by atoms with Crippen molar-refractivity contribution in [2.75, 3.05) is 6.61 Å². The number of carbonyl (C=O) groups excluding carboxylic acids is 1. The van der Waals surface area contributed by atoms with Crippen molar-refractivity contribution in [3.63, 3.8) is 0 Å². The van der Waals surface area contributed by atoms with E-state index in [9.17, 15) is 4.79 Å². The zero-order valence-corrected chi connectivity index (χ0v) is 7.76. The fourth-order valence-corrected chi connectivity index (χ4v) is 1.28. The maximum atomic E-state index is 11.3. The summed E-state index contributed by atoms with van der Waals surface area (Å²) in [5, 5.41) is 0. The predicted octanol–water partition coefficient (Wildman–Crippen LogP) is 0.0505. The van der Waals surface area contributed by atoms with Crippen molar-refractivity contribution >= 4 is 5.97 Å². The molecule has 1 rings (SSSR count). The lowest BCUT2D eigenvalue weighted by Gasteiger charge is -2.13. The first kappa shape index (κ1) is 9.48. The Morgan fingerprint density at radius 1 is 1.42 bits per heavy atom. The van der Waals surface area contributed by atoms with Gasteiger partial charge in [-0.15, -0.1) is 0 Å². The summed E-state index contributed by atoms with van der Waals surface area (Å²) in [4.78, 5) is 11.3. The third kappa shape index (κ3) is 1.76. The fraction of sp³-hybridized carbons (Fsp3) is 0.875. The Hall–Kier alpha value is -0.610. The van der Waals surface area contributed by atoms with Crippen LogP contribution in [0.25, 0.3) is 0 Å². The average molecular weight is 172 g/mol. The Labute approximate surface area is 72.6 Å². The van der Waals surface area contributed by atoms with Crippen molar-refractivity contribution in [1.29, 1.82) is 0 Å². The van der Waals surface area contributed by atoms with Crippen molar-refractivity contribution in [3.8, 4) is 0 Å². The summed E-state index contributed by atoms with van der Waals surface area (Å²) >= 11 is 0. The molecule has 3 atom stereocenters. The van der Waals surface area contributed by atoms with Gasteiger partial charge in [0.05, 0.1) is 6.61 Å². The summed E-state index contributed by atoms with van der Waals surface area (Å²) < 4.78 is 4.90. The Morgan fingerprint density at radius 3 is 2.50 bits per heavy atom. The summed E-state index contributed by atoms with van der Waals surface area (Å²) in [5.41, 5.74) is 5.92. The molecule has 0 saturated carbocycles. The Morgan fingerprint density at radius 2 is 2.08 bits per heavy atom. The second-order valence-electron chi connectivity index (χ2n) is 3.17. The van der Waals surface area contributed by atoms with E-state index in [0.29, 0.717) is 12.6 Å². The largest absolute Gasteiger partial charge is 0.465 e. The number of hydrogen-bond acceptors (Lipinski definition) is 4. The summed E-state index contributed by atoms with van der Waals surface area (Å²) in [6, 6.07) is 0.124. The van der Waals surface area contributed by atoms with Crippen molar-refractivity contribution in [1.82, 2.24) is 10.9 Å². The highest BCUT2D eigenvalue weighted by Gasteiger charge is 2.35. The van der Waals surface area contributed by atoms with Gasteiger partial charge >= 0.3 is 5.97 Å². The molecule has 3 unspecified atom stereocenters. The summed E-state index contributed by atoms with van der Waals surface area (Å²) in [6.07, 6.45) is 0. The van der Waals surface area contributed by atoms with Crippen molar-refractivity contribution < 1.29 is 9.53 Å². The second-order valence-corrected chi connectivity index (χ2v) is 3.17. The number of hydrogen-bond donors (Lipinski definition) is 2. The molecule has 4 heteroatoms. The van der Waals surface area contributed by atoms with Gasteiger partial charge in [-0.3, -0.25) is 10.2 Å². The molecule has 0 radical (unpaired) electrons. The van der Waals surface area contributed by atoms with Crippen LogP contribution in [0.1, 0.15) is 20.8 Å². The summed E-state index contributed by atoms with van der Waals surface area (Å²) in [5.74, 6) is 0.117. The molecule has 1 aliphatic heterocycles. The van der Waals surface area contributed by atoms with Crippen LogP contribution in [0.15, 0.2) is 0 Å². The van der Waals surface area contributed by atoms with Gasteiger partial charge in [0.2, 0.25) is 0 Å². The Bertz CT molecular complexity index is 172. The summed E-state index contributed by atoms with van der Waals surface area (Å²) in [6.45, 7) is 6.32. The zero-order valence-electron chi connectivity index (χ0n) is 7.76. The van der Waals surface area contributed by atoms with Crippen LogP contribution >= 0.6 is 0 Å². The molecule has 1 fully saturated rings. The molecule has 1 heterocycles. The van der Waals surface area contributed by atoms with Crippen LogP contribution in [-0.4, -0.2) is 24.7 Å². The standard InChI is InChI=1S/C8H16N2O2/c1-4-12-8(11)7-5(2)6(3)9-10-7/h5-7,9-10H,4H2,1-3H3. The molecule has 0 aliphatic carbocycles. The van der Waals surface area contributed by atoms with Gasteiger partial charge in [-0.05, 0) is 19.8 Å². The molecule has 1 aliphatic rings. The number of ether oxygens (including phenoxy) is 1. The van der Waals surface area contributed by atoms with Crippen molar-refractivity contribution in [3.05, 3.63) is 0 Å². The lowest BCUT2D eigenvalue weighted by atomic mass is 9.98. The van der Waals surface area contributed by atoms with E-state index in [4.69, 9.17) is 4.74 Å². The van der Waals surface area contributed by atoms with E-state index in [1.807, 2.05) is 20.8 Å². The van der Waals surface area contributed by atoms with E-state index in [2.05, 4.69) is 10.9 Å². The minimum Gasteiger partial charge on any atom is -0.465 e. The molecule has 0 aromatic rings. The number of hydrazine groups is 1. The highest BCUT2D eigenvalue weighted by atomic mass is 16.5. The highest BCUT2D eigenvalue weighted by molar-refractivity contribution is 5.76. The molecule has 12 heavy (non-hydrogen) atoms. The molecule has 0 spiro atoms. The van der Waals surface area contributed by atoms with E-state index in [-0.39, 0.29) is 17.9 Å². The van der Waals surface area contributed by atoms with E-state index in [0.717, 1.165) is 0 Å². The lowest BCUT2D eigenvalue weighted by Crippen LogP contribution is -2.39. The third-order valence-electron chi connectivity index (χ3n) is 2.32. The van der Waals surface area contributed by atoms with Gasteiger partial charge < -0.3 is 4.74 Å². The number of rotatable bonds is 2. The highest BCUT2D eigenvalue weighted by Crippen LogP contribution is 2.14. The normalized spacial score (nSPS) is 35.1. The topological polar surface area (TPSA) is 50.4 Å². The number of nitrogens with one attached hydrogen (secondary N) is 2. The van der Waals surface area contributed by atoms with Crippen LogP contribution in [0.2, 0.25) is 0 Å². The van der Waals surface area contributed by atoms with E-state index in [1.54, 1.807) is 0 Å². The Balaban J connectivity index is 2.47. The number of carbonyl (C=O) groups is 1. The van der Waals surface area contributed by atoms with Crippen molar-refractivity contribution in [2.24, 2.45) is 5.92 Å². The predicted molar refractivity (Wildman–Crippen MR) is 45.3 cm³/mol. The zero-order chi connectivity index (χ0) is 9.14. The van der Waals surface area contributed by atoms with Gasteiger partial charge in [0, 0.05) is 6.04 Å². The van der Waals surface area contributed by atoms with E-state index < -0.39 is 0 Å². The first-order valence-corrected chi connectivity index (χ1v) is 4.34. The molecule has 0 aromatic heterocycles. The Kier molecular flexibility index (Phi) is 3.05. The quantitative estimate of drug-likeness (QED) is 0.578. The van der Waals surface area contributed by atoms with Crippen LogP contribution in [0.3, 0.4) is 0 Å². The van der Waals surface area contributed by atoms with Crippen LogP contribution in [0, 0.1) is 5.92 Å². The van der Waals surface area contributed by atoms with Crippen LogP contribution in [0.5, 0.6) is 0 Å². The monoisotopic (exact) mass is 172 g/mol. The smallest absolute Gasteiger partial charge is 0.324 e. The molecular formula is C8H16N2O2. The van der Waals surface area contributed by atoms with Crippen LogP contribution in [-0.2, 0) is 9.53 Å². The first-order valence-electron chi connectivity index (χ1n) is 4.34. The molecule has 2 N–H and O–H groups in total. The molecule has 0 amide bonds. The minimum atomic E-state index is -0.194. The van der Waals surface area contributed by atoms with E-state index in [1.165, 1.54) is 0 Å². The maximum Gasteiger partial charge on any atom is 0.324 e. The first-order chi connectivity index (χ1) is 5.66. The third-order valence-corrected chi connectivity index (χ3v) is 2.32. The van der Waals surface area contributed by atoms with Crippen LogP contribution < -0.4 is 10.9 Å². The van der Waals surface area contributed by atoms with Gasteiger partial charge in [0.25, 0.3) is 0 Å². The van der Waals surface area contributed by atoms with Gasteiger partial charge in [-0.2, -0.15) is 0 Å². The second kappa shape index (κ2) is 3.87.